The van der Waals surface area contributed by atoms with Crippen molar-refractivity contribution in [2.45, 2.75) is 26.4 Å². The Morgan fingerprint density at radius 3 is 2.41 bits per heavy atom. The lowest BCUT2D eigenvalue weighted by molar-refractivity contribution is -0.131. The highest BCUT2D eigenvalue weighted by Gasteiger charge is 2.20. The number of likely N-dealkylation sites (N-methyl/N-ethyl adjacent to an activating group) is 1. The number of amides is 1. The molecule has 1 amide bonds. The fourth-order valence-electron chi connectivity index (χ4n) is 2.45. The van der Waals surface area contributed by atoms with Gasteiger partial charge in [0.15, 0.2) is 0 Å². The summed E-state index contributed by atoms with van der Waals surface area (Å²) < 4.78 is 0. The van der Waals surface area contributed by atoms with E-state index in [9.17, 15) is 4.79 Å². The molecule has 0 fully saturated rings. The first-order valence-corrected chi connectivity index (χ1v) is 7.16. The van der Waals surface area contributed by atoms with Crippen molar-refractivity contribution in [2.75, 3.05) is 12.8 Å². The van der Waals surface area contributed by atoms with E-state index < -0.39 is 6.04 Å². The van der Waals surface area contributed by atoms with Gasteiger partial charge in [-0.05, 0) is 31.0 Å². The van der Waals surface area contributed by atoms with Crippen LogP contribution in [-0.2, 0) is 11.3 Å². The Bertz CT molecular complexity index is 647. The summed E-state index contributed by atoms with van der Waals surface area (Å²) in [5.41, 5.74) is 15.6. The number of hydrogen-bond acceptors (Lipinski definition) is 4. The molecule has 116 valence electrons. The fraction of sp³-hybridized carbons (Fsp3) is 0.294. The Morgan fingerprint density at radius 2 is 1.86 bits per heavy atom. The number of pyridine rings is 1. The number of benzene rings is 1. The van der Waals surface area contributed by atoms with Gasteiger partial charge in [0.05, 0.1) is 0 Å². The number of carbonyl (C=O) groups is 1. The van der Waals surface area contributed by atoms with Crippen LogP contribution in [0.1, 0.15) is 28.3 Å². The molecule has 1 aromatic heterocycles. The Kier molecular flexibility index (Phi) is 4.78. The van der Waals surface area contributed by atoms with Crippen molar-refractivity contribution in [1.29, 1.82) is 0 Å². The van der Waals surface area contributed by atoms with E-state index >= 15 is 0 Å². The highest BCUT2D eigenvalue weighted by Crippen LogP contribution is 2.18. The zero-order chi connectivity index (χ0) is 16.3. The zero-order valence-electron chi connectivity index (χ0n) is 13.2. The van der Waals surface area contributed by atoms with E-state index in [-0.39, 0.29) is 5.91 Å². The van der Waals surface area contributed by atoms with Crippen LogP contribution in [0.2, 0.25) is 0 Å². The molecular weight excluding hydrogens is 276 g/mol. The summed E-state index contributed by atoms with van der Waals surface area (Å²) in [6.45, 7) is 4.44. The van der Waals surface area contributed by atoms with Crippen molar-refractivity contribution >= 4 is 11.7 Å². The maximum absolute atomic E-state index is 12.5. The monoisotopic (exact) mass is 298 g/mol. The predicted octanol–water partition coefficient (Wildman–Crippen LogP) is 1.94. The van der Waals surface area contributed by atoms with Crippen LogP contribution in [0.5, 0.6) is 0 Å². The van der Waals surface area contributed by atoms with Crippen LogP contribution in [0.15, 0.2) is 36.5 Å². The second-order valence-electron chi connectivity index (χ2n) is 5.68. The maximum atomic E-state index is 12.5. The average Bonchev–Trinajstić information content (AvgIpc) is 2.47. The van der Waals surface area contributed by atoms with Crippen molar-refractivity contribution < 1.29 is 4.79 Å². The quantitative estimate of drug-likeness (QED) is 0.903. The molecule has 0 aliphatic rings. The van der Waals surface area contributed by atoms with E-state index in [2.05, 4.69) is 11.1 Å². The predicted molar refractivity (Wildman–Crippen MR) is 88.0 cm³/mol. The van der Waals surface area contributed by atoms with Crippen molar-refractivity contribution in [3.05, 3.63) is 58.8 Å². The summed E-state index contributed by atoms with van der Waals surface area (Å²) in [7, 11) is 1.74. The van der Waals surface area contributed by atoms with Gasteiger partial charge in [0, 0.05) is 19.8 Å². The first kappa shape index (κ1) is 16.0. The highest BCUT2D eigenvalue weighted by atomic mass is 16.2. The molecule has 0 bridgehead atoms. The molecule has 1 aromatic carbocycles. The number of hydrogen-bond donors (Lipinski definition) is 2. The highest BCUT2D eigenvalue weighted by molar-refractivity contribution is 5.83. The van der Waals surface area contributed by atoms with Crippen LogP contribution in [0, 0.1) is 13.8 Å². The van der Waals surface area contributed by atoms with Crippen LogP contribution in [0.25, 0.3) is 0 Å². The van der Waals surface area contributed by atoms with Crippen LogP contribution in [0.3, 0.4) is 0 Å². The first-order chi connectivity index (χ1) is 10.4. The van der Waals surface area contributed by atoms with Crippen molar-refractivity contribution in [1.82, 2.24) is 9.88 Å². The largest absolute Gasteiger partial charge is 0.384 e. The minimum absolute atomic E-state index is 0.123. The van der Waals surface area contributed by atoms with Gasteiger partial charge >= 0.3 is 0 Å². The molecule has 1 unspecified atom stereocenters. The summed E-state index contributed by atoms with van der Waals surface area (Å²) in [6.07, 6.45) is 1.67. The lowest BCUT2D eigenvalue weighted by Gasteiger charge is -2.22. The fourth-order valence-corrected chi connectivity index (χ4v) is 2.45. The summed E-state index contributed by atoms with van der Waals surface area (Å²) >= 11 is 0. The molecule has 22 heavy (non-hydrogen) atoms. The number of nitrogens with two attached hydrogens (primary N) is 2. The lowest BCUT2D eigenvalue weighted by Crippen LogP contribution is -2.35. The number of nitrogen functional groups attached to an aromatic ring is 1. The van der Waals surface area contributed by atoms with E-state index in [0.717, 1.165) is 22.3 Å². The molecular formula is C17H22N4O. The Morgan fingerprint density at radius 1 is 1.23 bits per heavy atom. The summed E-state index contributed by atoms with van der Waals surface area (Å²) in [5.74, 6) is 0.339. The molecule has 0 radical (unpaired) electrons. The molecule has 5 heteroatoms. The summed E-state index contributed by atoms with van der Waals surface area (Å²) in [4.78, 5) is 18.1. The molecule has 1 atom stereocenters. The molecule has 1 heterocycles. The molecule has 0 spiro atoms. The van der Waals surface area contributed by atoms with E-state index in [0.29, 0.717) is 12.4 Å². The van der Waals surface area contributed by atoms with Gasteiger partial charge < -0.3 is 16.4 Å². The number of nitrogens with zero attached hydrogens (tertiary/aromatic N) is 2. The second-order valence-corrected chi connectivity index (χ2v) is 5.68. The molecule has 0 saturated heterocycles. The Labute approximate surface area is 130 Å². The van der Waals surface area contributed by atoms with Crippen molar-refractivity contribution in [3.8, 4) is 0 Å². The van der Waals surface area contributed by atoms with Gasteiger partial charge in [0.25, 0.3) is 0 Å². The SMILES string of the molecule is Cc1cc(C)cc(C(N)C(=O)N(C)Cc2ccc(N)nc2)c1. The Hall–Kier alpha value is -2.40. The molecule has 0 aliphatic carbocycles. The molecule has 0 aliphatic heterocycles. The van der Waals surface area contributed by atoms with Gasteiger partial charge in [-0.25, -0.2) is 4.98 Å². The molecule has 4 N–H and O–H groups in total. The van der Waals surface area contributed by atoms with Gasteiger partial charge in [0.1, 0.15) is 11.9 Å². The minimum Gasteiger partial charge on any atom is -0.384 e. The van der Waals surface area contributed by atoms with Crippen LogP contribution >= 0.6 is 0 Å². The van der Waals surface area contributed by atoms with E-state index in [1.165, 1.54) is 0 Å². The van der Waals surface area contributed by atoms with Gasteiger partial charge in [-0.1, -0.05) is 35.4 Å². The molecule has 2 aromatic rings. The van der Waals surface area contributed by atoms with E-state index in [1.807, 2.05) is 32.0 Å². The summed E-state index contributed by atoms with van der Waals surface area (Å²) in [6, 6.07) is 8.88. The van der Waals surface area contributed by atoms with Gasteiger partial charge in [0.2, 0.25) is 5.91 Å². The maximum Gasteiger partial charge on any atom is 0.244 e. The van der Waals surface area contributed by atoms with Crippen LogP contribution < -0.4 is 11.5 Å². The number of aryl methyl sites for hydroxylation is 2. The van der Waals surface area contributed by atoms with Gasteiger partial charge in [-0.15, -0.1) is 0 Å². The average molecular weight is 298 g/mol. The van der Waals surface area contributed by atoms with Gasteiger partial charge in [-0.2, -0.15) is 0 Å². The van der Waals surface area contributed by atoms with Gasteiger partial charge in [-0.3, -0.25) is 4.79 Å². The first-order valence-electron chi connectivity index (χ1n) is 7.16. The normalized spacial score (nSPS) is 12.0. The topological polar surface area (TPSA) is 85.2 Å². The van der Waals surface area contributed by atoms with E-state index in [1.54, 1.807) is 24.2 Å². The second kappa shape index (κ2) is 6.58. The molecule has 2 rings (SSSR count). The third kappa shape index (κ3) is 3.83. The van der Waals surface area contributed by atoms with Crippen molar-refractivity contribution in [3.63, 3.8) is 0 Å². The standard InChI is InChI=1S/C17H22N4O/c1-11-6-12(2)8-14(7-11)16(19)17(22)21(3)10-13-4-5-15(18)20-9-13/h4-9,16H,10,19H2,1-3H3,(H2,18,20). The van der Waals surface area contributed by atoms with Crippen LogP contribution in [-0.4, -0.2) is 22.8 Å². The minimum atomic E-state index is -0.662. The lowest BCUT2D eigenvalue weighted by atomic mass is 10.0. The third-order valence-electron chi connectivity index (χ3n) is 3.51. The number of carbonyl (C=O) groups excluding carboxylic acids is 1. The van der Waals surface area contributed by atoms with E-state index in [4.69, 9.17) is 11.5 Å². The smallest absolute Gasteiger partial charge is 0.244 e. The van der Waals surface area contributed by atoms with Crippen LogP contribution in [0.4, 0.5) is 5.82 Å². The molecule has 0 saturated carbocycles. The molecule has 5 nitrogen and oxygen atoms in total. The Balaban J connectivity index is 2.10. The number of rotatable bonds is 4. The third-order valence-corrected chi connectivity index (χ3v) is 3.51. The zero-order valence-corrected chi connectivity index (χ0v) is 13.2. The number of aromatic nitrogens is 1. The number of anilines is 1. The summed E-state index contributed by atoms with van der Waals surface area (Å²) in [5, 5.41) is 0. The van der Waals surface area contributed by atoms with Crippen molar-refractivity contribution in [2.24, 2.45) is 5.73 Å².